The van der Waals surface area contributed by atoms with E-state index in [-0.39, 0.29) is 12.4 Å². The maximum absolute atomic E-state index is 11.5. The summed E-state index contributed by atoms with van der Waals surface area (Å²) in [6, 6.07) is 8.15. The maximum atomic E-state index is 11.5. The van der Waals surface area contributed by atoms with E-state index in [0.717, 1.165) is 18.4 Å². The van der Waals surface area contributed by atoms with Crippen LogP contribution in [0.25, 0.3) is 0 Å². The highest BCUT2D eigenvalue weighted by atomic mass is 16.5. The fraction of sp³-hybridized carbons (Fsp3) is 0.500. The van der Waals surface area contributed by atoms with Gasteiger partial charge in [0.15, 0.2) is 0 Å². The van der Waals surface area contributed by atoms with E-state index in [1.165, 1.54) is 12.7 Å². The van der Waals surface area contributed by atoms with Crippen LogP contribution in [-0.2, 0) is 15.1 Å². The lowest BCUT2D eigenvalue weighted by Crippen LogP contribution is -2.42. The first kappa shape index (κ1) is 12.1. The number of carbonyl (C=O) groups is 1. The van der Waals surface area contributed by atoms with E-state index in [1.807, 2.05) is 18.2 Å². The number of rotatable bonds is 2. The summed E-state index contributed by atoms with van der Waals surface area (Å²) >= 11 is 0. The predicted molar refractivity (Wildman–Crippen MR) is 66.6 cm³/mol. The molecule has 2 rings (SSSR count). The van der Waals surface area contributed by atoms with Gasteiger partial charge in [-0.15, -0.1) is 0 Å². The largest absolute Gasteiger partial charge is 0.469 e. The van der Waals surface area contributed by atoms with Gasteiger partial charge in [0, 0.05) is 0 Å². The van der Waals surface area contributed by atoms with Crippen LogP contribution in [0, 0.1) is 0 Å². The molecule has 3 heteroatoms. The van der Waals surface area contributed by atoms with Crippen LogP contribution in [0.3, 0.4) is 0 Å². The number of esters is 1. The molecule has 2 unspecified atom stereocenters. The molecule has 0 aromatic heterocycles. The zero-order valence-corrected chi connectivity index (χ0v) is 10.4. The number of benzene rings is 1. The number of nitrogens with two attached hydrogens (primary N) is 1. The highest BCUT2D eigenvalue weighted by Gasteiger charge is 2.37. The summed E-state index contributed by atoms with van der Waals surface area (Å²) < 4.78 is 4.74. The summed E-state index contributed by atoms with van der Waals surface area (Å²) in [5, 5.41) is 0. The topological polar surface area (TPSA) is 52.3 Å². The number of hydrogen-bond acceptors (Lipinski definition) is 3. The van der Waals surface area contributed by atoms with E-state index in [4.69, 9.17) is 10.5 Å². The van der Waals surface area contributed by atoms with Crippen molar-refractivity contribution in [1.29, 1.82) is 0 Å². The normalized spacial score (nSPS) is 27.4. The fourth-order valence-corrected chi connectivity index (χ4v) is 2.66. The van der Waals surface area contributed by atoms with Crippen LogP contribution >= 0.6 is 0 Å². The van der Waals surface area contributed by atoms with Crippen LogP contribution in [0.1, 0.15) is 43.2 Å². The number of ether oxygens (including phenoxy) is 1. The van der Waals surface area contributed by atoms with Gasteiger partial charge in [-0.3, -0.25) is 4.79 Å². The van der Waals surface area contributed by atoms with Crippen molar-refractivity contribution in [3.63, 3.8) is 0 Å². The highest BCUT2D eigenvalue weighted by Crippen LogP contribution is 2.41. The Morgan fingerprint density at radius 3 is 2.94 bits per heavy atom. The first-order valence-electron chi connectivity index (χ1n) is 6.02. The Morgan fingerprint density at radius 1 is 1.53 bits per heavy atom. The van der Waals surface area contributed by atoms with Crippen LogP contribution in [0.4, 0.5) is 0 Å². The van der Waals surface area contributed by atoms with Crippen LogP contribution in [0.15, 0.2) is 24.3 Å². The van der Waals surface area contributed by atoms with Gasteiger partial charge < -0.3 is 10.5 Å². The average molecular weight is 233 g/mol. The molecule has 1 aliphatic rings. The molecule has 2 N–H and O–H groups in total. The molecule has 17 heavy (non-hydrogen) atoms. The molecule has 92 valence electrons. The van der Waals surface area contributed by atoms with E-state index in [0.29, 0.717) is 5.92 Å². The van der Waals surface area contributed by atoms with Gasteiger partial charge in [-0.05, 0) is 29.9 Å². The minimum Gasteiger partial charge on any atom is -0.469 e. The van der Waals surface area contributed by atoms with Gasteiger partial charge in [0.05, 0.1) is 19.1 Å². The Balaban J connectivity index is 2.38. The van der Waals surface area contributed by atoms with Crippen molar-refractivity contribution in [1.82, 2.24) is 0 Å². The number of hydrogen-bond donors (Lipinski definition) is 1. The molecule has 0 saturated carbocycles. The molecular formula is C14H19NO2. The van der Waals surface area contributed by atoms with Gasteiger partial charge in [0.25, 0.3) is 0 Å². The third-order valence-electron chi connectivity index (χ3n) is 3.74. The number of methoxy groups -OCH3 is 1. The van der Waals surface area contributed by atoms with Gasteiger partial charge in [-0.2, -0.15) is 0 Å². The zero-order valence-electron chi connectivity index (χ0n) is 10.4. The van der Waals surface area contributed by atoms with Crippen LogP contribution in [-0.4, -0.2) is 13.1 Å². The molecule has 0 amide bonds. The van der Waals surface area contributed by atoms with Crippen molar-refractivity contribution in [2.75, 3.05) is 7.11 Å². The maximum Gasteiger partial charge on any atom is 0.307 e. The molecule has 1 aliphatic carbocycles. The highest BCUT2D eigenvalue weighted by molar-refractivity contribution is 5.71. The summed E-state index contributed by atoms with van der Waals surface area (Å²) in [5.74, 6) is 0.275. The molecular weight excluding hydrogens is 214 g/mol. The number of fused-ring (bicyclic) bond motifs is 1. The first-order valence-corrected chi connectivity index (χ1v) is 6.02. The number of carbonyl (C=O) groups excluding carboxylic acids is 1. The molecule has 0 heterocycles. The van der Waals surface area contributed by atoms with Crippen molar-refractivity contribution >= 4 is 5.97 Å². The minimum atomic E-state index is -0.559. The SMILES string of the molecule is COC(=O)CC1(N)CCC(C)c2ccccc21. The van der Waals surface area contributed by atoms with Gasteiger partial charge >= 0.3 is 5.97 Å². The Labute approximate surface area is 102 Å². The lowest BCUT2D eigenvalue weighted by molar-refractivity contribution is -0.142. The molecule has 3 nitrogen and oxygen atoms in total. The van der Waals surface area contributed by atoms with E-state index in [9.17, 15) is 4.79 Å². The van der Waals surface area contributed by atoms with Crippen molar-refractivity contribution in [2.24, 2.45) is 5.73 Å². The second-order valence-electron chi connectivity index (χ2n) is 4.94. The summed E-state index contributed by atoms with van der Waals surface area (Å²) in [6.07, 6.45) is 2.11. The molecule has 0 fully saturated rings. The molecule has 1 aromatic rings. The monoisotopic (exact) mass is 233 g/mol. The molecule has 1 aromatic carbocycles. The Bertz CT molecular complexity index is 430. The summed E-state index contributed by atoms with van der Waals surface area (Å²) in [7, 11) is 1.41. The van der Waals surface area contributed by atoms with Crippen molar-refractivity contribution in [3.8, 4) is 0 Å². The minimum absolute atomic E-state index is 0.239. The molecule has 0 saturated heterocycles. The van der Waals surface area contributed by atoms with Gasteiger partial charge in [0.1, 0.15) is 0 Å². The van der Waals surface area contributed by atoms with Crippen molar-refractivity contribution in [2.45, 2.75) is 37.6 Å². The van der Waals surface area contributed by atoms with Crippen molar-refractivity contribution < 1.29 is 9.53 Å². The van der Waals surface area contributed by atoms with Crippen LogP contribution in [0.5, 0.6) is 0 Å². The van der Waals surface area contributed by atoms with Gasteiger partial charge in [-0.25, -0.2) is 0 Å². The van der Waals surface area contributed by atoms with Crippen molar-refractivity contribution in [3.05, 3.63) is 35.4 Å². The third-order valence-corrected chi connectivity index (χ3v) is 3.74. The molecule has 0 aliphatic heterocycles. The lowest BCUT2D eigenvalue weighted by atomic mass is 9.71. The standard InChI is InChI=1S/C14H19NO2/c1-10-7-8-14(15,9-13(16)17-2)12-6-4-3-5-11(10)12/h3-6,10H,7-9,15H2,1-2H3. The molecule has 0 spiro atoms. The Hall–Kier alpha value is -1.35. The first-order chi connectivity index (χ1) is 8.07. The van der Waals surface area contributed by atoms with Gasteiger partial charge in [-0.1, -0.05) is 31.2 Å². The quantitative estimate of drug-likeness (QED) is 0.797. The van der Waals surface area contributed by atoms with E-state index in [1.54, 1.807) is 0 Å². The van der Waals surface area contributed by atoms with E-state index >= 15 is 0 Å². The summed E-state index contributed by atoms with van der Waals surface area (Å²) in [5.41, 5.74) is 8.22. The Morgan fingerprint density at radius 2 is 2.24 bits per heavy atom. The van der Waals surface area contributed by atoms with Crippen LogP contribution < -0.4 is 5.73 Å². The average Bonchev–Trinajstić information content (AvgIpc) is 2.35. The van der Waals surface area contributed by atoms with E-state index in [2.05, 4.69) is 13.0 Å². The second kappa shape index (κ2) is 4.49. The smallest absolute Gasteiger partial charge is 0.307 e. The summed E-state index contributed by atoms with van der Waals surface area (Å²) in [6.45, 7) is 2.20. The van der Waals surface area contributed by atoms with Gasteiger partial charge in [0.2, 0.25) is 0 Å². The predicted octanol–water partition coefficient (Wildman–Crippen LogP) is 2.30. The second-order valence-corrected chi connectivity index (χ2v) is 4.94. The van der Waals surface area contributed by atoms with E-state index < -0.39 is 5.54 Å². The molecule has 2 atom stereocenters. The molecule has 0 radical (unpaired) electrons. The zero-order chi connectivity index (χ0) is 12.5. The lowest BCUT2D eigenvalue weighted by Gasteiger charge is -2.37. The third kappa shape index (κ3) is 2.20. The van der Waals surface area contributed by atoms with Crippen LogP contribution in [0.2, 0.25) is 0 Å². The summed E-state index contributed by atoms with van der Waals surface area (Å²) in [4.78, 5) is 11.5. The Kier molecular flexibility index (Phi) is 3.20. The molecule has 0 bridgehead atoms. The fourth-order valence-electron chi connectivity index (χ4n) is 2.66.